The van der Waals surface area contributed by atoms with Crippen LogP contribution in [-0.2, 0) is 11.2 Å². The number of methoxy groups -OCH3 is 1. The summed E-state index contributed by atoms with van der Waals surface area (Å²) in [5, 5.41) is 2.91. The molecule has 0 saturated heterocycles. The quantitative estimate of drug-likeness (QED) is 0.922. The molecule has 1 amide bonds. The first-order valence-corrected chi connectivity index (χ1v) is 6.58. The van der Waals surface area contributed by atoms with Gasteiger partial charge in [0.05, 0.1) is 19.2 Å². The van der Waals surface area contributed by atoms with Gasteiger partial charge in [-0.2, -0.15) is 0 Å². The Kier molecular flexibility index (Phi) is 4.41. The number of hydrogen-bond donors (Lipinski definition) is 1. The number of nitrogens with one attached hydrogen (secondary N) is 1. The van der Waals surface area contributed by atoms with Crippen LogP contribution in [0.15, 0.2) is 42.5 Å². The van der Waals surface area contributed by atoms with E-state index in [2.05, 4.69) is 5.32 Å². The fourth-order valence-electron chi connectivity index (χ4n) is 2.12. The van der Waals surface area contributed by atoms with Crippen molar-refractivity contribution in [3.8, 4) is 5.75 Å². The molecule has 0 atom stereocenters. The molecule has 0 fully saturated rings. The van der Waals surface area contributed by atoms with Crippen molar-refractivity contribution in [1.29, 1.82) is 0 Å². The maximum Gasteiger partial charge on any atom is 0.228 e. The van der Waals surface area contributed by atoms with Crippen LogP contribution in [0.1, 0.15) is 16.7 Å². The fourth-order valence-corrected chi connectivity index (χ4v) is 2.12. The van der Waals surface area contributed by atoms with Crippen LogP contribution in [0.2, 0.25) is 0 Å². The van der Waals surface area contributed by atoms with E-state index in [4.69, 9.17) is 4.74 Å². The van der Waals surface area contributed by atoms with Gasteiger partial charge in [-0.3, -0.25) is 4.79 Å². The molecule has 2 rings (SSSR count). The minimum Gasteiger partial charge on any atom is -0.495 e. The number of carbonyl (C=O) groups is 1. The minimum atomic E-state index is -0.0421. The molecule has 0 radical (unpaired) electrons. The number of benzene rings is 2. The van der Waals surface area contributed by atoms with Gasteiger partial charge in [-0.05, 0) is 37.1 Å². The molecular formula is C17H19NO2. The maximum atomic E-state index is 12.1. The van der Waals surface area contributed by atoms with Crippen LogP contribution in [0.3, 0.4) is 0 Å². The predicted molar refractivity (Wildman–Crippen MR) is 81.2 cm³/mol. The van der Waals surface area contributed by atoms with Crippen LogP contribution in [0.25, 0.3) is 0 Å². The van der Waals surface area contributed by atoms with Gasteiger partial charge in [-0.1, -0.05) is 35.9 Å². The Balaban J connectivity index is 2.10. The highest BCUT2D eigenvalue weighted by Crippen LogP contribution is 2.25. The van der Waals surface area contributed by atoms with Crippen molar-refractivity contribution in [1.82, 2.24) is 0 Å². The minimum absolute atomic E-state index is 0.0421. The third-order valence-corrected chi connectivity index (χ3v) is 3.08. The zero-order chi connectivity index (χ0) is 14.5. The van der Waals surface area contributed by atoms with Gasteiger partial charge in [-0.25, -0.2) is 0 Å². The number of aryl methyl sites for hydroxylation is 2. The summed E-state index contributed by atoms with van der Waals surface area (Å²) in [5.41, 5.74) is 3.96. The first kappa shape index (κ1) is 14.1. The Morgan fingerprint density at radius 1 is 1.10 bits per heavy atom. The zero-order valence-corrected chi connectivity index (χ0v) is 12.1. The van der Waals surface area contributed by atoms with Crippen molar-refractivity contribution in [2.24, 2.45) is 0 Å². The molecule has 0 spiro atoms. The normalized spacial score (nSPS) is 10.2. The van der Waals surface area contributed by atoms with Gasteiger partial charge in [-0.15, -0.1) is 0 Å². The number of carbonyl (C=O) groups excluding carboxylic acids is 1. The van der Waals surface area contributed by atoms with E-state index in [0.29, 0.717) is 17.9 Å². The molecule has 0 bridgehead atoms. The third kappa shape index (κ3) is 3.60. The summed E-state index contributed by atoms with van der Waals surface area (Å²) in [6.45, 7) is 4.00. The number of hydrogen-bond acceptors (Lipinski definition) is 2. The molecule has 2 aromatic carbocycles. The van der Waals surface area contributed by atoms with Crippen molar-refractivity contribution in [2.45, 2.75) is 20.3 Å². The van der Waals surface area contributed by atoms with E-state index in [0.717, 1.165) is 16.7 Å². The van der Waals surface area contributed by atoms with E-state index in [-0.39, 0.29) is 5.91 Å². The van der Waals surface area contributed by atoms with Crippen LogP contribution < -0.4 is 10.1 Å². The molecule has 3 heteroatoms. The van der Waals surface area contributed by atoms with Gasteiger partial charge < -0.3 is 10.1 Å². The van der Waals surface area contributed by atoms with Gasteiger partial charge in [0.2, 0.25) is 5.91 Å². The lowest BCUT2D eigenvalue weighted by molar-refractivity contribution is -0.115. The zero-order valence-electron chi connectivity index (χ0n) is 12.1. The summed E-state index contributed by atoms with van der Waals surface area (Å²) in [5.74, 6) is 0.632. The molecule has 2 aromatic rings. The van der Waals surface area contributed by atoms with Crippen LogP contribution in [0.4, 0.5) is 5.69 Å². The van der Waals surface area contributed by atoms with Gasteiger partial charge in [0, 0.05) is 0 Å². The second kappa shape index (κ2) is 6.24. The molecule has 0 aliphatic heterocycles. The summed E-state index contributed by atoms with van der Waals surface area (Å²) in [6.07, 6.45) is 0.360. The third-order valence-electron chi connectivity index (χ3n) is 3.08. The molecule has 20 heavy (non-hydrogen) atoms. The van der Waals surface area contributed by atoms with E-state index in [1.807, 2.05) is 56.3 Å². The van der Waals surface area contributed by atoms with Crippen molar-refractivity contribution < 1.29 is 9.53 Å². The molecule has 0 saturated carbocycles. The smallest absolute Gasteiger partial charge is 0.228 e. The lowest BCUT2D eigenvalue weighted by Gasteiger charge is -2.11. The summed E-state index contributed by atoms with van der Waals surface area (Å²) < 4.78 is 5.26. The highest BCUT2D eigenvalue weighted by atomic mass is 16.5. The Morgan fingerprint density at radius 2 is 1.85 bits per heavy atom. The molecule has 104 valence electrons. The summed E-state index contributed by atoms with van der Waals surface area (Å²) in [4.78, 5) is 12.1. The monoisotopic (exact) mass is 269 g/mol. The molecule has 0 unspecified atom stereocenters. The van der Waals surface area contributed by atoms with Crippen LogP contribution in [-0.4, -0.2) is 13.0 Å². The first-order chi connectivity index (χ1) is 9.58. The average Bonchev–Trinajstić information content (AvgIpc) is 2.38. The molecule has 0 aromatic heterocycles. The molecule has 1 N–H and O–H groups in total. The Hall–Kier alpha value is -2.29. The first-order valence-electron chi connectivity index (χ1n) is 6.58. The highest BCUT2D eigenvalue weighted by molar-refractivity contribution is 5.93. The Morgan fingerprint density at radius 3 is 2.55 bits per heavy atom. The van der Waals surface area contributed by atoms with Gasteiger partial charge in [0.25, 0.3) is 0 Å². The number of ether oxygens (including phenoxy) is 1. The van der Waals surface area contributed by atoms with Crippen LogP contribution in [0, 0.1) is 13.8 Å². The summed E-state index contributed by atoms with van der Waals surface area (Å²) in [6, 6.07) is 13.7. The van der Waals surface area contributed by atoms with Crippen LogP contribution in [0.5, 0.6) is 5.75 Å². The second-order valence-corrected chi connectivity index (χ2v) is 4.92. The molecule has 0 aliphatic rings. The lowest BCUT2D eigenvalue weighted by Crippen LogP contribution is -2.15. The van der Waals surface area contributed by atoms with Gasteiger partial charge in [0.1, 0.15) is 5.75 Å². The number of anilines is 1. The van der Waals surface area contributed by atoms with Gasteiger partial charge >= 0.3 is 0 Å². The van der Waals surface area contributed by atoms with E-state index >= 15 is 0 Å². The Bertz CT molecular complexity index is 620. The van der Waals surface area contributed by atoms with Crippen LogP contribution >= 0.6 is 0 Å². The van der Waals surface area contributed by atoms with E-state index in [1.54, 1.807) is 7.11 Å². The predicted octanol–water partition coefficient (Wildman–Crippen LogP) is 3.49. The van der Waals surface area contributed by atoms with Crippen molar-refractivity contribution >= 4 is 11.6 Å². The summed E-state index contributed by atoms with van der Waals surface area (Å²) >= 11 is 0. The second-order valence-electron chi connectivity index (χ2n) is 4.92. The van der Waals surface area contributed by atoms with Gasteiger partial charge in [0.15, 0.2) is 0 Å². The van der Waals surface area contributed by atoms with Crippen molar-refractivity contribution in [3.63, 3.8) is 0 Å². The fraction of sp³-hybridized carbons (Fsp3) is 0.235. The number of rotatable bonds is 4. The van der Waals surface area contributed by atoms with E-state index in [1.165, 1.54) is 0 Å². The topological polar surface area (TPSA) is 38.3 Å². The lowest BCUT2D eigenvalue weighted by atomic mass is 10.1. The van der Waals surface area contributed by atoms with Crippen molar-refractivity contribution in [3.05, 3.63) is 59.2 Å². The SMILES string of the molecule is COc1ccc(C)cc1NC(=O)Cc1cccc(C)c1. The molecule has 0 aliphatic carbocycles. The van der Waals surface area contributed by atoms with Crippen molar-refractivity contribution in [2.75, 3.05) is 12.4 Å². The molecule has 0 heterocycles. The van der Waals surface area contributed by atoms with E-state index < -0.39 is 0 Å². The van der Waals surface area contributed by atoms with E-state index in [9.17, 15) is 4.79 Å². The largest absolute Gasteiger partial charge is 0.495 e. The average molecular weight is 269 g/mol. The maximum absolute atomic E-state index is 12.1. The highest BCUT2D eigenvalue weighted by Gasteiger charge is 2.08. The standard InChI is InChI=1S/C17H19NO2/c1-12-5-4-6-14(9-12)11-17(19)18-15-10-13(2)7-8-16(15)20-3/h4-10H,11H2,1-3H3,(H,18,19). The Labute approximate surface area is 119 Å². The summed E-state index contributed by atoms with van der Waals surface area (Å²) in [7, 11) is 1.60. The molecular weight excluding hydrogens is 250 g/mol. The molecule has 3 nitrogen and oxygen atoms in total. The number of amides is 1.